The van der Waals surface area contributed by atoms with E-state index < -0.39 is 5.91 Å². The third-order valence-electron chi connectivity index (χ3n) is 7.76. The highest BCUT2D eigenvalue weighted by atomic mass is 32.1. The van der Waals surface area contributed by atoms with Crippen LogP contribution in [0.3, 0.4) is 0 Å². The summed E-state index contributed by atoms with van der Waals surface area (Å²) in [4.78, 5) is 34.2. The Bertz CT molecular complexity index is 1460. The molecule has 1 amide bonds. The highest BCUT2D eigenvalue weighted by Gasteiger charge is 2.31. The lowest BCUT2D eigenvalue weighted by atomic mass is 10.0. The second-order valence-corrected chi connectivity index (χ2v) is 11.4. The maximum Gasteiger partial charge on any atom is 0.248 e. The number of nitrogens with zero attached hydrogens (tertiary/aromatic N) is 5. The first-order chi connectivity index (χ1) is 18.1. The Hall–Kier alpha value is -3.05. The number of ether oxygens (including phenoxy) is 1. The van der Waals surface area contributed by atoms with Crippen LogP contribution in [0.15, 0.2) is 30.5 Å². The van der Waals surface area contributed by atoms with Gasteiger partial charge in [0, 0.05) is 85.0 Å². The van der Waals surface area contributed by atoms with Gasteiger partial charge in [-0.3, -0.25) is 14.6 Å². The third-order valence-corrected chi connectivity index (χ3v) is 8.86. The number of nitrogens with one attached hydrogen (secondary N) is 1. The molecule has 0 unspecified atom stereocenters. The molecule has 3 aromatic heterocycles. The fraction of sp³-hybridized carbons (Fsp3) is 0.444. The summed E-state index contributed by atoms with van der Waals surface area (Å²) in [6.45, 7) is 8.46. The molecule has 1 saturated carbocycles. The molecular weight excluding hydrogens is 486 g/mol. The highest BCUT2D eigenvalue weighted by Crippen LogP contribution is 2.37. The number of anilines is 1. The predicted molar refractivity (Wildman–Crippen MR) is 146 cm³/mol. The van der Waals surface area contributed by atoms with Gasteiger partial charge in [-0.25, -0.2) is 9.97 Å². The van der Waals surface area contributed by atoms with Crippen LogP contribution in [0.5, 0.6) is 0 Å². The number of primary amides is 1. The van der Waals surface area contributed by atoms with Crippen molar-refractivity contribution in [1.82, 2.24) is 24.8 Å². The molecule has 192 valence electrons. The summed E-state index contributed by atoms with van der Waals surface area (Å²) >= 11 is 1.80. The molecular formula is C27H31N7O2S. The van der Waals surface area contributed by atoms with E-state index in [4.69, 9.17) is 20.4 Å². The van der Waals surface area contributed by atoms with Gasteiger partial charge in [-0.2, -0.15) is 0 Å². The van der Waals surface area contributed by atoms with Crippen LogP contribution >= 0.6 is 11.3 Å². The summed E-state index contributed by atoms with van der Waals surface area (Å²) in [5, 5.41) is 0.973. The standard InChI is InChI=1S/C27H31N7O2S/c28-25(35)17-13-21(20-3-4-29-22(20)14-17)26-30-23-15-19(16-32-5-7-33(8-6-32)18-1-2-18)37-24(23)27(31-26)34-9-11-36-12-10-34/h3-4,13-15,18,29H,1-2,5-12,16H2,(H2,28,35). The van der Waals surface area contributed by atoms with Crippen LogP contribution < -0.4 is 10.6 Å². The molecule has 7 rings (SSSR count). The van der Waals surface area contributed by atoms with Gasteiger partial charge in [-0.15, -0.1) is 11.3 Å². The number of hydrogen-bond acceptors (Lipinski definition) is 8. The minimum atomic E-state index is -0.466. The summed E-state index contributed by atoms with van der Waals surface area (Å²) in [5.41, 5.74) is 8.71. The largest absolute Gasteiger partial charge is 0.378 e. The van der Waals surface area contributed by atoms with Crippen LogP contribution in [0.4, 0.5) is 5.82 Å². The lowest BCUT2D eigenvalue weighted by molar-refractivity contribution is 0.100. The fourth-order valence-corrected chi connectivity index (χ4v) is 6.75. The first kappa shape index (κ1) is 23.1. The second-order valence-electron chi connectivity index (χ2n) is 10.3. The average molecular weight is 518 g/mol. The van der Waals surface area contributed by atoms with Gasteiger partial charge < -0.3 is 20.4 Å². The molecule has 4 aromatic rings. The maximum atomic E-state index is 12.1. The Kier molecular flexibility index (Phi) is 5.84. The first-order valence-corrected chi connectivity index (χ1v) is 13.9. The zero-order chi connectivity index (χ0) is 24.9. The van der Waals surface area contributed by atoms with Gasteiger partial charge >= 0.3 is 0 Å². The van der Waals surface area contributed by atoms with Crippen molar-refractivity contribution in [2.45, 2.75) is 25.4 Å². The zero-order valence-electron chi connectivity index (χ0n) is 20.8. The van der Waals surface area contributed by atoms with Crippen molar-refractivity contribution in [3.63, 3.8) is 0 Å². The Labute approximate surface area is 219 Å². The summed E-state index contributed by atoms with van der Waals surface area (Å²) < 4.78 is 6.74. The number of fused-ring (bicyclic) bond motifs is 2. The molecule has 3 fully saturated rings. The van der Waals surface area contributed by atoms with Crippen molar-refractivity contribution in [3.8, 4) is 11.4 Å². The lowest BCUT2D eigenvalue weighted by Gasteiger charge is -2.34. The summed E-state index contributed by atoms with van der Waals surface area (Å²) in [6.07, 6.45) is 4.62. The molecule has 0 atom stereocenters. The molecule has 2 saturated heterocycles. The topological polar surface area (TPSA) is 104 Å². The highest BCUT2D eigenvalue weighted by molar-refractivity contribution is 7.19. The van der Waals surface area contributed by atoms with Gasteiger partial charge in [0.2, 0.25) is 5.91 Å². The lowest BCUT2D eigenvalue weighted by Crippen LogP contribution is -2.46. The number of aromatic nitrogens is 3. The smallest absolute Gasteiger partial charge is 0.248 e. The zero-order valence-corrected chi connectivity index (χ0v) is 21.6. The van der Waals surface area contributed by atoms with Crippen molar-refractivity contribution in [2.24, 2.45) is 5.73 Å². The molecule has 0 spiro atoms. The molecule has 2 aliphatic heterocycles. The van der Waals surface area contributed by atoms with Gasteiger partial charge in [-0.1, -0.05) is 0 Å². The van der Waals surface area contributed by atoms with Gasteiger partial charge in [0.15, 0.2) is 11.6 Å². The van der Waals surface area contributed by atoms with E-state index in [1.807, 2.05) is 18.3 Å². The molecule has 1 aromatic carbocycles. The minimum Gasteiger partial charge on any atom is -0.378 e. The molecule has 0 bridgehead atoms. The van der Waals surface area contributed by atoms with Crippen molar-refractivity contribution in [3.05, 3.63) is 40.9 Å². The van der Waals surface area contributed by atoms with E-state index in [0.717, 1.165) is 71.3 Å². The number of nitrogens with two attached hydrogens (primary N) is 1. The summed E-state index contributed by atoms with van der Waals surface area (Å²) in [7, 11) is 0. The third kappa shape index (κ3) is 4.48. The van der Waals surface area contributed by atoms with Gasteiger partial charge in [0.25, 0.3) is 0 Å². The van der Waals surface area contributed by atoms with Crippen LogP contribution in [0.25, 0.3) is 32.5 Å². The van der Waals surface area contributed by atoms with E-state index in [0.29, 0.717) is 24.6 Å². The molecule has 3 N–H and O–H groups in total. The number of aromatic amines is 1. The average Bonchev–Trinajstić information content (AvgIpc) is 3.52. The number of hydrogen-bond donors (Lipinski definition) is 2. The summed E-state index contributed by atoms with van der Waals surface area (Å²) in [5.74, 6) is 1.10. The number of morpholine rings is 1. The molecule has 10 heteroatoms. The van der Waals surface area contributed by atoms with Gasteiger partial charge in [0.05, 0.1) is 23.4 Å². The Morgan fingerprint density at radius 1 is 1.08 bits per heavy atom. The fourth-order valence-electron chi connectivity index (χ4n) is 5.59. The molecule has 9 nitrogen and oxygen atoms in total. The quantitative estimate of drug-likeness (QED) is 0.405. The number of thiophene rings is 1. The van der Waals surface area contributed by atoms with Crippen LogP contribution in [0.1, 0.15) is 28.1 Å². The Balaban J connectivity index is 1.28. The number of H-pyrrole nitrogens is 1. The van der Waals surface area contributed by atoms with E-state index in [-0.39, 0.29) is 0 Å². The number of benzene rings is 1. The Morgan fingerprint density at radius 2 is 1.89 bits per heavy atom. The van der Waals surface area contributed by atoms with Crippen molar-refractivity contribution < 1.29 is 9.53 Å². The van der Waals surface area contributed by atoms with Crippen molar-refractivity contribution in [1.29, 1.82) is 0 Å². The van der Waals surface area contributed by atoms with Crippen LogP contribution in [-0.2, 0) is 11.3 Å². The van der Waals surface area contributed by atoms with Crippen molar-refractivity contribution in [2.75, 3.05) is 57.4 Å². The minimum absolute atomic E-state index is 0.443. The number of piperazine rings is 1. The van der Waals surface area contributed by atoms with Gasteiger partial charge in [-0.05, 0) is 37.1 Å². The van der Waals surface area contributed by atoms with E-state index >= 15 is 0 Å². The van der Waals surface area contributed by atoms with E-state index in [9.17, 15) is 4.79 Å². The molecule has 0 radical (unpaired) electrons. The van der Waals surface area contributed by atoms with E-state index in [1.54, 1.807) is 17.4 Å². The molecule has 3 aliphatic rings. The van der Waals surface area contributed by atoms with E-state index in [2.05, 4.69) is 25.8 Å². The normalized spacial score (nSPS) is 19.7. The number of carbonyl (C=O) groups excluding carboxylic acids is 1. The molecule has 37 heavy (non-hydrogen) atoms. The summed E-state index contributed by atoms with van der Waals surface area (Å²) in [6, 6.07) is 8.67. The number of amides is 1. The Morgan fingerprint density at radius 3 is 2.65 bits per heavy atom. The molecule has 5 heterocycles. The van der Waals surface area contributed by atoms with E-state index in [1.165, 1.54) is 30.8 Å². The van der Waals surface area contributed by atoms with Crippen LogP contribution in [-0.4, -0.2) is 89.2 Å². The van der Waals surface area contributed by atoms with Gasteiger partial charge in [0.1, 0.15) is 0 Å². The van der Waals surface area contributed by atoms with Crippen LogP contribution in [0.2, 0.25) is 0 Å². The first-order valence-electron chi connectivity index (χ1n) is 13.1. The van der Waals surface area contributed by atoms with Crippen molar-refractivity contribution >= 4 is 44.2 Å². The predicted octanol–water partition coefficient (Wildman–Crippen LogP) is 3.06. The number of carbonyl (C=O) groups is 1. The maximum absolute atomic E-state index is 12.1. The number of rotatable bonds is 6. The monoisotopic (exact) mass is 517 g/mol. The SMILES string of the molecule is NC(=O)c1cc(-c2nc(N3CCOCC3)c3sc(CN4CCN(C5CC5)CC4)cc3n2)c2cc[nH]c2c1. The molecule has 1 aliphatic carbocycles. The second kappa shape index (κ2) is 9.36. The van der Waals surface area contributed by atoms with Crippen LogP contribution in [0, 0.1) is 0 Å².